The Bertz CT molecular complexity index is 458. The van der Waals surface area contributed by atoms with Crippen LogP contribution < -0.4 is 0 Å². The molecule has 0 bridgehead atoms. The molecule has 2 aliphatic heterocycles. The molecule has 0 saturated carbocycles. The second kappa shape index (κ2) is 5.83. The van der Waals surface area contributed by atoms with Crippen LogP contribution in [0.5, 0.6) is 0 Å². The quantitative estimate of drug-likeness (QED) is 0.796. The van der Waals surface area contributed by atoms with E-state index in [4.69, 9.17) is 9.47 Å². The van der Waals surface area contributed by atoms with Crippen molar-refractivity contribution in [2.75, 3.05) is 6.61 Å². The highest BCUT2D eigenvalue weighted by atomic mass is 16.6. The van der Waals surface area contributed by atoms with Crippen LogP contribution in [0.3, 0.4) is 0 Å². The molecule has 2 fully saturated rings. The van der Waals surface area contributed by atoms with Gasteiger partial charge in [-0.15, -0.1) is 0 Å². The number of piperidine rings is 1. The first-order valence-corrected chi connectivity index (χ1v) is 7.36. The third-order valence-electron chi connectivity index (χ3n) is 4.16. The smallest absolute Gasteiger partial charge is 0.410 e. The van der Waals surface area contributed by atoms with Gasteiger partial charge in [-0.1, -0.05) is 30.3 Å². The van der Waals surface area contributed by atoms with Gasteiger partial charge in [-0.25, -0.2) is 4.79 Å². The summed E-state index contributed by atoms with van der Waals surface area (Å²) in [4.78, 5) is 14.3. The Labute approximate surface area is 119 Å². The first-order valence-electron chi connectivity index (χ1n) is 7.36. The monoisotopic (exact) mass is 275 g/mol. The number of rotatable bonds is 3. The highest BCUT2D eigenvalue weighted by molar-refractivity contribution is 5.68. The Morgan fingerprint density at radius 2 is 2.10 bits per heavy atom. The van der Waals surface area contributed by atoms with Crippen LogP contribution in [0.15, 0.2) is 30.3 Å². The van der Waals surface area contributed by atoms with Crippen molar-refractivity contribution in [2.24, 2.45) is 0 Å². The maximum Gasteiger partial charge on any atom is 0.410 e. The summed E-state index contributed by atoms with van der Waals surface area (Å²) in [6.45, 7) is 3.21. The van der Waals surface area contributed by atoms with Crippen molar-refractivity contribution in [1.82, 2.24) is 4.90 Å². The molecule has 4 nitrogen and oxygen atoms in total. The highest BCUT2D eigenvalue weighted by Crippen LogP contribution is 2.31. The predicted octanol–water partition coefficient (Wildman–Crippen LogP) is 2.97. The zero-order chi connectivity index (χ0) is 13.9. The van der Waals surface area contributed by atoms with Gasteiger partial charge in [-0.2, -0.15) is 0 Å². The average Bonchev–Trinajstić information content (AvgIpc) is 3.30. The molecule has 1 aromatic rings. The van der Waals surface area contributed by atoms with Crippen LogP contribution in [-0.2, 0) is 16.1 Å². The van der Waals surface area contributed by atoms with Gasteiger partial charge in [-0.3, -0.25) is 4.90 Å². The summed E-state index contributed by atoms with van der Waals surface area (Å²) in [7, 11) is 0. The summed E-state index contributed by atoms with van der Waals surface area (Å²) < 4.78 is 10.9. The van der Waals surface area contributed by atoms with Gasteiger partial charge in [0.25, 0.3) is 0 Å². The molecule has 0 radical (unpaired) electrons. The van der Waals surface area contributed by atoms with E-state index in [0.717, 1.165) is 31.4 Å². The van der Waals surface area contributed by atoms with Crippen molar-refractivity contribution < 1.29 is 14.3 Å². The topological polar surface area (TPSA) is 42.1 Å². The lowest BCUT2D eigenvalue weighted by Gasteiger charge is -2.39. The molecule has 2 heterocycles. The number of likely N-dealkylation sites (tertiary alicyclic amines) is 1. The number of benzene rings is 1. The van der Waals surface area contributed by atoms with E-state index >= 15 is 0 Å². The van der Waals surface area contributed by atoms with Crippen molar-refractivity contribution in [3.8, 4) is 0 Å². The van der Waals surface area contributed by atoms with E-state index in [1.54, 1.807) is 0 Å². The number of hydrogen-bond donors (Lipinski definition) is 0. The van der Waals surface area contributed by atoms with Gasteiger partial charge in [-0.05, 0) is 31.7 Å². The van der Waals surface area contributed by atoms with Gasteiger partial charge < -0.3 is 9.47 Å². The highest BCUT2D eigenvalue weighted by Gasteiger charge is 2.43. The second-order valence-electron chi connectivity index (χ2n) is 5.67. The zero-order valence-electron chi connectivity index (χ0n) is 11.8. The summed E-state index contributed by atoms with van der Waals surface area (Å²) in [5, 5.41) is 0. The molecule has 0 aromatic heterocycles. The Kier molecular flexibility index (Phi) is 3.92. The Morgan fingerprint density at radius 3 is 2.80 bits per heavy atom. The van der Waals surface area contributed by atoms with Crippen LogP contribution >= 0.6 is 0 Å². The minimum atomic E-state index is -0.207. The Morgan fingerprint density at radius 1 is 1.35 bits per heavy atom. The third-order valence-corrected chi connectivity index (χ3v) is 4.16. The van der Waals surface area contributed by atoms with E-state index in [9.17, 15) is 4.79 Å². The number of carbonyl (C=O) groups is 1. The van der Waals surface area contributed by atoms with E-state index in [0.29, 0.717) is 6.61 Å². The van der Waals surface area contributed by atoms with Crippen molar-refractivity contribution in [1.29, 1.82) is 0 Å². The summed E-state index contributed by atoms with van der Waals surface area (Å²) in [6, 6.07) is 10.2. The molecule has 1 aromatic carbocycles. The lowest BCUT2D eigenvalue weighted by molar-refractivity contribution is 0.0379. The molecule has 3 unspecified atom stereocenters. The molecule has 108 valence electrons. The largest absolute Gasteiger partial charge is 0.445 e. The van der Waals surface area contributed by atoms with Gasteiger partial charge in [0.05, 0.1) is 12.6 Å². The molecule has 3 atom stereocenters. The Balaban J connectivity index is 1.62. The minimum Gasteiger partial charge on any atom is -0.445 e. The fourth-order valence-corrected chi connectivity index (χ4v) is 2.98. The fraction of sp³-hybridized carbons (Fsp3) is 0.562. The van der Waals surface area contributed by atoms with Gasteiger partial charge >= 0.3 is 6.09 Å². The SMILES string of the molecule is CC1CCCC(C2CO2)N1C(=O)OCc1ccccc1. The first kappa shape index (κ1) is 13.4. The number of nitrogens with zero attached hydrogens (tertiary/aromatic N) is 1. The lowest BCUT2D eigenvalue weighted by atomic mass is 9.95. The second-order valence-corrected chi connectivity index (χ2v) is 5.67. The maximum atomic E-state index is 12.4. The van der Waals surface area contributed by atoms with E-state index in [1.165, 1.54) is 0 Å². The van der Waals surface area contributed by atoms with Crippen LogP contribution in [0.25, 0.3) is 0 Å². The molecular weight excluding hydrogens is 254 g/mol. The van der Waals surface area contributed by atoms with Crippen molar-refractivity contribution >= 4 is 6.09 Å². The standard InChI is InChI=1S/C16H21NO3/c1-12-6-5-9-14(15-11-19-15)17(12)16(18)20-10-13-7-3-2-4-8-13/h2-4,7-8,12,14-15H,5-6,9-11H2,1H3. The molecule has 2 saturated heterocycles. The van der Waals surface area contributed by atoms with Crippen LogP contribution in [-0.4, -0.2) is 35.8 Å². The van der Waals surface area contributed by atoms with Crippen LogP contribution in [0.2, 0.25) is 0 Å². The predicted molar refractivity (Wildman–Crippen MR) is 75.3 cm³/mol. The fourth-order valence-electron chi connectivity index (χ4n) is 2.98. The Hall–Kier alpha value is -1.55. The van der Waals surface area contributed by atoms with Gasteiger partial charge in [0, 0.05) is 6.04 Å². The third kappa shape index (κ3) is 2.96. The van der Waals surface area contributed by atoms with Gasteiger partial charge in [0.1, 0.15) is 12.7 Å². The van der Waals surface area contributed by atoms with Crippen LogP contribution in [0, 0.1) is 0 Å². The lowest BCUT2D eigenvalue weighted by Crippen LogP contribution is -2.51. The molecule has 2 aliphatic rings. The summed E-state index contributed by atoms with van der Waals surface area (Å²) in [5.41, 5.74) is 1.02. The van der Waals surface area contributed by atoms with E-state index in [1.807, 2.05) is 35.2 Å². The first-order chi connectivity index (χ1) is 9.75. The number of amides is 1. The molecule has 0 N–H and O–H groups in total. The van der Waals surface area contributed by atoms with Gasteiger partial charge in [0.2, 0.25) is 0 Å². The summed E-state index contributed by atoms with van der Waals surface area (Å²) >= 11 is 0. The average molecular weight is 275 g/mol. The van der Waals surface area contributed by atoms with Crippen molar-refractivity contribution in [3.63, 3.8) is 0 Å². The summed E-state index contributed by atoms with van der Waals surface area (Å²) in [5.74, 6) is 0. The van der Waals surface area contributed by atoms with Crippen molar-refractivity contribution in [2.45, 2.75) is 51.0 Å². The molecule has 1 amide bonds. The molecule has 20 heavy (non-hydrogen) atoms. The van der Waals surface area contributed by atoms with E-state index in [2.05, 4.69) is 6.92 Å². The molecule has 4 heteroatoms. The molecular formula is C16H21NO3. The van der Waals surface area contributed by atoms with E-state index < -0.39 is 0 Å². The van der Waals surface area contributed by atoms with Gasteiger partial charge in [0.15, 0.2) is 0 Å². The number of epoxide rings is 1. The molecule has 0 aliphatic carbocycles. The van der Waals surface area contributed by atoms with E-state index in [-0.39, 0.29) is 24.3 Å². The van der Waals surface area contributed by atoms with Crippen LogP contribution in [0.4, 0.5) is 4.79 Å². The number of hydrogen-bond acceptors (Lipinski definition) is 3. The number of carbonyl (C=O) groups excluding carboxylic acids is 1. The molecule has 0 spiro atoms. The summed E-state index contributed by atoms with van der Waals surface area (Å²) in [6.07, 6.45) is 3.25. The maximum absolute atomic E-state index is 12.4. The number of ether oxygens (including phenoxy) is 2. The van der Waals surface area contributed by atoms with Crippen molar-refractivity contribution in [3.05, 3.63) is 35.9 Å². The van der Waals surface area contributed by atoms with Crippen LogP contribution in [0.1, 0.15) is 31.7 Å². The molecule has 3 rings (SSSR count). The zero-order valence-corrected chi connectivity index (χ0v) is 11.8. The minimum absolute atomic E-state index is 0.196. The normalized spacial score (nSPS) is 29.1.